The van der Waals surface area contributed by atoms with Crippen molar-refractivity contribution in [3.05, 3.63) is 35.4 Å². The Morgan fingerprint density at radius 3 is 2.71 bits per heavy atom. The highest BCUT2D eigenvalue weighted by atomic mass is 19.1. The lowest BCUT2D eigenvalue weighted by Gasteiger charge is -2.19. The summed E-state index contributed by atoms with van der Waals surface area (Å²) in [6.07, 6.45) is -0.0991. The quantitative estimate of drug-likeness (QED) is 0.776. The van der Waals surface area contributed by atoms with Crippen molar-refractivity contribution in [3.63, 3.8) is 0 Å². The van der Waals surface area contributed by atoms with Gasteiger partial charge in [0.2, 0.25) is 0 Å². The Labute approximate surface area is 99.8 Å². The van der Waals surface area contributed by atoms with Crippen LogP contribution in [0.3, 0.4) is 0 Å². The first kappa shape index (κ1) is 14.0. The van der Waals surface area contributed by atoms with E-state index in [0.29, 0.717) is 25.1 Å². The molecule has 0 heterocycles. The Hall–Kier alpha value is -1.04. The largest absolute Gasteiger partial charge is 0.390 e. The highest BCUT2D eigenvalue weighted by Crippen LogP contribution is 2.10. The average Bonchev–Trinajstić information content (AvgIpc) is 2.27. The standard InChI is InChI=1S/C12H18F2N2O/c1-16(8-11(17)7-15)5-4-9-2-3-10(13)6-12(9)14/h2-3,6,11,17H,4-5,7-8,15H2,1H3. The van der Waals surface area contributed by atoms with Gasteiger partial charge in [-0.25, -0.2) is 8.78 Å². The van der Waals surface area contributed by atoms with Crippen LogP contribution in [0.25, 0.3) is 0 Å². The molecule has 3 N–H and O–H groups in total. The maximum Gasteiger partial charge on any atom is 0.129 e. The lowest BCUT2D eigenvalue weighted by Crippen LogP contribution is -2.35. The van der Waals surface area contributed by atoms with Crippen LogP contribution >= 0.6 is 0 Å². The number of aliphatic hydroxyl groups excluding tert-OH is 1. The van der Waals surface area contributed by atoms with Gasteiger partial charge in [0.15, 0.2) is 0 Å². The Kier molecular flexibility index (Phi) is 5.47. The van der Waals surface area contributed by atoms with E-state index in [0.717, 1.165) is 6.07 Å². The molecule has 96 valence electrons. The zero-order valence-corrected chi connectivity index (χ0v) is 9.87. The molecular formula is C12H18F2N2O. The molecule has 0 bridgehead atoms. The lowest BCUT2D eigenvalue weighted by atomic mass is 10.1. The molecular weight excluding hydrogens is 226 g/mol. The van der Waals surface area contributed by atoms with Gasteiger partial charge in [0.05, 0.1) is 6.10 Å². The zero-order chi connectivity index (χ0) is 12.8. The highest BCUT2D eigenvalue weighted by Gasteiger charge is 2.08. The van der Waals surface area contributed by atoms with Crippen molar-refractivity contribution in [1.29, 1.82) is 0 Å². The molecule has 5 heteroatoms. The lowest BCUT2D eigenvalue weighted by molar-refractivity contribution is 0.133. The third kappa shape index (κ3) is 4.77. The van der Waals surface area contributed by atoms with Crippen LogP contribution in [-0.4, -0.2) is 42.8 Å². The van der Waals surface area contributed by atoms with Crippen molar-refractivity contribution in [2.45, 2.75) is 12.5 Å². The molecule has 0 saturated carbocycles. The molecule has 0 aromatic heterocycles. The van der Waals surface area contributed by atoms with E-state index in [9.17, 15) is 13.9 Å². The highest BCUT2D eigenvalue weighted by molar-refractivity contribution is 5.18. The number of nitrogens with two attached hydrogens (primary N) is 1. The number of aliphatic hydroxyl groups is 1. The van der Waals surface area contributed by atoms with Crippen LogP contribution in [0.1, 0.15) is 5.56 Å². The van der Waals surface area contributed by atoms with Crippen molar-refractivity contribution in [3.8, 4) is 0 Å². The summed E-state index contributed by atoms with van der Waals surface area (Å²) in [6, 6.07) is 3.56. The third-order valence-electron chi connectivity index (χ3n) is 2.57. The van der Waals surface area contributed by atoms with Gasteiger partial charge in [-0.3, -0.25) is 0 Å². The predicted molar refractivity (Wildman–Crippen MR) is 62.6 cm³/mol. The van der Waals surface area contributed by atoms with Gasteiger partial charge >= 0.3 is 0 Å². The summed E-state index contributed by atoms with van der Waals surface area (Å²) >= 11 is 0. The summed E-state index contributed by atoms with van der Waals surface area (Å²) in [4.78, 5) is 1.86. The minimum Gasteiger partial charge on any atom is -0.390 e. The molecule has 3 nitrogen and oxygen atoms in total. The van der Waals surface area contributed by atoms with Crippen molar-refractivity contribution >= 4 is 0 Å². The van der Waals surface area contributed by atoms with Gasteiger partial charge in [0.1, 0.15) is 11.6 Å². The van der Waals surface area contributed by atoms with E-state index in [1.54, 1.807) is 0 Å². The maximum atomic E-state index is 13.3. The predicted octanol–water partition coefficient (Wildman–Crippen LogP) is 0.759. The first-order valence-corrected chi connectivity index (χ1v) is 5.53. The fourth-order valence-corrected chi connectivity index (χ4v) is 1.56. The summed E-state index contributed by atoms with van der Waals surface area (Å²) in [5.41, 5.74) is 5.76. The van der Waals surface area contributed by atoms with Crippen LogP contribution < -0.4 is 5.73 Å². The molecule has 0 amide bonds. The molecule has 0 aliphatic heterocycles. The first-order valence-electron chi connectivity index (χ1n) is 5.53. The van der Waals surface area contributed by atoms with E-state index in [1.807, 2.05) is 11.9 Å². The van der Waals surface area contributed by atoms with Crippen molar-refractivity contribution < 1.29 is 13.9 Å². The fourth-order valence-electron chi connectivity index (χ4n) is 1.56. The topological polar surface area (TPSA) is 49.5 Å². The number of benzene rings is 1. The van der Waals surface area contributed by atoms with E-state index < -0.39 is 17.7 Å². The molecule has 0 aliphatic carbocycles. The number of nitrogens with zero attached hydrogens (tertiary/aromatic N) is 1. The molecule has 1 rings (SSSR count). The van der Waals surface area contributed by atoms with Crippen LogP contribution in [0.4, 0.5) is 8.78 Å². The van der Waals surface area contributed by atoms with E-state index >= 15 is 0 Å². The normalized spacial score (nSPS) is 13.1. The molecule has 1 aromatic rings. The summed E-state index contributed by atoms with van der Waals surface area (Å²) in [6.45, 7) is 1.23. The van der Waals surface area contributed by atoms with Crippen LogP contribution in [0.5, 0.6) is 0 Å². The average molecular weight is 244 g/mol. The second-order valence-corrected chi connectivity index (χ2v) is 4.14. The maximum absolute atomic E-state index is 13.3. The third-order valence-corrected chi connectivity index (χ3v) is 2.57. The van der Waals surface area contributed by atoms with Gasteiger partial charge in [0.25, 0.3) is 0 Å². The SMILES string of the molecule is CN(CCc1ccc(F)cc1F)CC(O)CN. The fraction of sp³-hybridized carbons (Fsp3) is 0.500. The minimum atomic E-state index is -0.571. The summed E-state index contributed by atoms with van der Waals surface area (Å²) in [5, 5.41) is 9.33. The summed E-state index contributed by atoms with van der Waals surface area (Å²) < 4.78 is 26.0. The summed E-state index contributed by atoms with van der Waals surface area (Å²) in [5.74, 6) is -1.10. The molecule has 0 fully saturated rings. The van der Waals surface area contributed by atoms with Crippen LogP contribution in [-0.2, 0) is 6.42 Å². The number of halogens is 2. The molecule has 0 spiro atoms. The van der Waals surface area contributed by atoms with Gasteiger partial charge in [-0.15, -0.1) is 0 Å². The molecule has 0 radical (unpaired) electrons. The Morgan fingerprint density at radius 2 is 2.12 bits per heavy atom. The monoisotopic (exact) mass is 244 g/mol. The molecule has 1 atom stereocenters. The Balaban J connectivity index is 2.44. The number of hydrogen-bond donors (Lipinski definition) is 2. The second-order valence-electron chi connectivity index (χ2n) is 4.14. The second kappa shape index (κ2) is 6.64. The van der Waals surface area contributed by atoms with Gasteiger partial charge in [-0.2, -0.15) is 0 Å². The molecule has 0 saturated heterocycles. The van der Waals surface area contributed by atoms with Gasteiger partial charge in [-0.1, -0.05) is 6.07 Å². The Morgan fingerprint density at radius 1 is 1.41 bits per heavy atom. The molecule has 1 unspecified atom stereocenters. The van der Waals surface area contributed by atoms with Crippen molar-refractivity contribution in [2.24, 2.45) is 5.73 Å². The van der Waals surface area contributed by atoms with Gasteiger partial charge < -0.3 is 15.7 Å². The zero-order valence-electron chi connectivity index (χ0n) is 9.87. The van der Waals surface area contributed by atoms with E-state index in [4.69, 9.17) is 5.73 Å². The molecule has 0 aliphatic rings. The minimum absolute atomic E-state index is 0.204. The summed E-state index contributed by atoms with van der Waals surface area (Å²) in [7, 11) is 1.82. The van der Waals surface area contributed by atoms with Crippen LogP contribution in [0, 0.1) is 11.6 Å². The number of hydrogen-bond acceptors (Lipinski definition) is 3. The van der Waals surface area contributed by atoms with E-state index in [-0.39, 0.29) is 6.54 Å². The van der Waals surface area contributed by atoms with Gasteiger partial charge in [-0.05, 0) is 25.1 Å². The van der Waals surface area contributed by atoms with Gasteiger partial charge in [0, 0.05) is 25.7 Å². The molecule has 17 heavy (non-hydrogen) atoms. The smallest absolute Gasteiger partial charge is 0.129 e. The molecule has 1 aromatic carbocycles. The van der Waals surface area contributed by atoms with Crippen molar-refractivity contribution in [1.82, 2.24) is 4.90 Å². The van der Waals surface area contributed by atoms with Crippen molar-refractivity contribution in [2.75, 3.05) is 26.7 Å². The van der Waals surface area contributed by atoms with E-state index in [1.165, 1.54) is 12.1 Å². The number of rotatable bonds is 6. The first-order chi connectivity index (χ1) is 8.02. The Bertz CT molecular complexity index is 360. The van der Waals surface area contributed by atoms with E-state index in [2.05, 4.69) is 0 Å². The van der Waals surface area contributed by atoms with Crippen LogP contribution in [0.2, 0.25) is 0 Å². The number of likely N-dealkylation sites (N-methyl/N-ethyl adjacent to an activating group) is 1. The van der Waals surface area contributed by atoms with Crippen LogP contribution in [0.15, 0.2) is 18.2 Å².